The molecule has 0 saturated heterocycles. The molecule has 1 aliphatic heterocycles. The number of methoxy groups -OCH3 is 1. The second-order valence-electron chi connectivity index (χ2n) is 6.45. The molecule has 0 saturated carbocycles. The van der Waals surface area contributed by atoms with Crippen LogP contribution in [0.5, 0.6) is 5.75 Å². The number of nitrogens with zero attached hydrogens (tertiary/aromatic N) is 2. The molecule has 6 heteroatoms. The fraction of sp³-hybridized carbons (Fsp3) is 0.300. The summed E-state index contributed by atoms with van der Waals surface area (Å²) in [5, 5.41) is 6.12. The van der Waals surface area contributed by atoms with E-state index in [2.05, 4.69) is 21.0 Å². The van der Waals surface area contributed by atoms with E-state index >= 15 is 0 Å². The predicted octanol–water partition coefficient (Wildman–Crippen LogP) is 2.11. The fourth-order valence-electron chi connectivity index (χ4n) is 3.09. The maximum atomic E-state index is 12.6. The van der Waals surface area contributed by atoms with Crippen molar-refractivity contribution in [3.63, 3.8) is 0 Å². The molecule has 1 heterocycles. The van der Waals surface area contributed by atoms with Crippen molar-refractivity contribution in [1.82, 2.24) is 5.01 Å². The molecule has 1 N–H and O–H groups in total. The molecule has 0 aliphatic carbocycles. The first kappa shape index (κ1) is 18.6. The van der Waals surface area contributed by atoms with Crippen molar-refractivity contribution in [3.8, 4) is 5.75 Å². The second kappa shape index (κ2) is 8.47. The first-order chi connectivity index (χ1) is 12.6. The Balaban J connectivity index is 1.62. The van der Waals surface area contributed by atoms with Gasteiger partial charge in [-0.05, 0) is 23.8 Å². The third-order valence-electron chi connectivity index (χ3n) is 4.38. The molecule has 0 spiro atoms. The summed E-state index contributed by atoms with van der Waals surface area (Å²) in [6.07, 6.45) is 0.800. The molecule has 2 aromatic carbocycles. The van der Waals surface area contributed by atoms with E-state index in [-0.39, 0.29) is 5.91 Å². The van der Waals surface area contributed by atoms with E-state index in [9.17, 15) is 4.79 Å². The molecule has 5 nitrogen and oxygen atoms in total. The van der Waals surface area contributed by atoms with Gasteiger partial charge in [0.1, 0.15) is 12.3 Å². The van der Waals surface area contributed by atoms with Crippen molar-refractivity contribution in [1.29, 1.82) is 0 Å². The first-order valence-corrected chi connectivity index (χ1v) is 9.43. The Hall–Kier alpha value is -2.18. The summed E-state index contributed by atoms with van der Waals surface area (Å²) < 4.78 is 6.42. The van der Waals surface area contributed by atoms with Crippen LogP contribution in [0.25, 0.3) is 0 Å². The fourth-order valence-corrected chi connectivity index (χ4v) is 3.50. The van der Waals surface area contributed by atoms with Crippen molar-refractivity contribution in [3.05, 3.63) is 64.1 Å². The quantitative estimate of drug-likeness (QED) is 0.783. The average molecular weight is 417 g/mol. The van der Waals surface area contributed by atoms with Crippen LogP contribution in [-0.4, -0.2) is 43.9 Å². The van der Waals surface area contributed by atoms with Gasteiger partial charge in [-0.2, -0.15) is 5.10 Å². The average Bonchev–Trinajstić information content (AvgIpc) is 3.13. The summed E-state index contributed by atoms with van der Waals surface area (Å²) in [5.74, 6) is 0.882. The van der Waals surface area contributed by atoms with Crippen LogP contribution in [0.1, 0.15) is 17.5 Å². The zero-order valence-electron chi connectivity index (χ0n) is 15.0. The van der Waals surface area contributed by atoms with E-state index in [1.807, 2.05) is 55.6 Å². The topological polar surface area (TPSA) is 46.3 Å². The van der Waals surface area contributed by atoms with E-state index in [1.54, 1.807) is 12.1 Å². The molecule has 0 fully saturated rings. The number of quaternary nitrogens is 1. The van der Waals surface area contributed by atoms with E-state index in [1.165, 1.54) is 0 Å². The Labute approximate surface area is 162 Å². The van der Waals surface area contributed by atoms with Crippen LogP contribution in [0.2, 0.25) is 0 Å². The van der Waals surface area contributed by atoms with Crippen LogP contribution in [0.4, 0.5) is 0 Å². The van der Waals surface area contributed by atoms with Crippen LogP contribution in [0, 0.1) is 0 Å². The molecule has 0 radical (unpaired) electrons. The SMILES string of the molecule is COc1ccc(Br)cc1C[NH+](C)CC(=O)N1CCC(c2ccccc2)=N1. The first-order valence-electron chi connectivity index (χ1n) is 8.64. The van der Waals surface area contributed by atoms with E-state index < -0.39 is 0 Å². The van der Waals surface area contributed by atoms with Crippen LogP contribution >= 0.6 is 15.9 Å². The molecular weight excluding hydrogens is 394 g/mol. The van der Waals surface area contributed by atoms with Gasteiger partial charge in [0.05, 0.1) is 26.4 Å². The number of halogens is 1. The van der Waals surface area contributed by atoms with Gasteiger partial charge in [-0.25, -0.2) is 5.01 Å². The number of hydrazone groups is 1. The lowest BCUT2D eigenvalue weighted by molar-refractivity contribution is -0.885. The molecule has 0 bridgehead atoms. The number of ether oxygens (including phenoxy) is 1. The second-order valence-corrected chi connectivity index (χ2v) is 7.36. The summed E-state index contributed by atoms with van der Waals surface area (Å²) >= 11 is 3.49. The normalized spacial score (nSPS) is 14.9. The predicted molar refractivity (Wildman–Crippen MR) is 105 cm³/mol. The van der Waals surface area contributed by atoms with Crippen LogP contribution in [0.15, 0.2) is 58.1 Å². The zero-order valence-corrected chi connectivity index (χ0v) is 16.6. The van der Waals surface area contributed by atoms with E-state index in [0.717, 1.165) is 38.4 Å². The largest absolute Gasteiger partial charge is 0.496 e. The molecule has 2 aromatic rings. The van der Waals surface area contributed by atoms with Crippen molar-refractivity contribution in [2.75, 3.05) is 27.2 Å². The minimum Gasteiger partial charge on any atom is -0.496 e. The number of likely N-dealkylation sites (N-methyl/N-ethyl adjacent to an activating group) is 1. The molecule has 136 valence electrons. The van der Waals surface area contributed by atoms with Gasteiger partial charge in [0.25, 0.3) is 5.91 Å². The lowest BCUT2D eigenvalue weighted by Gasteiger charge is -2.18. The van der Waals surface area contributed by atoms with Gasteiger partial charge in [-0.3, -0.25) is 4.79 Å². The third kappa shape index (κ3) is 4.51. The molecule has 0 aromatic heterocycles. The number of hydrogen-bond acceptors (Lipinski definition) is 3. The Morgan fingerprint density at radius 1 is 1.27 bits per heavy atom. The Morgan fingerprint density at radius 3 is 2.77 bits per heavy atom. The zero-order chi connectivity index (χ0) is 18.5. The molecule has 3 rings (SSSR count). The summed E-state index contributed by atoms with van der Waals surface area (Å²) in [5.41, 5.74) is 3.13. The standard InChI is InChI=1S/C20H22BrN3O2/c1-23(13-16-12-17(21)8-9-19(16)26-2)14-20(25)24-11-10-18(22-24)15-6-4-3-5-7-15/h3-9,12H,10-11,13-14H2,1-2H3/p+1. The van der Waals surface area contributed by atoms with Crippen molar-refractivity contribution < 1.29 is 14.4 Å². The highest BCUT2D eigenvalue weighted by atomic mass is 79.9. The molecule has 1 atom stereocenters. The smallest absolute Gasteiger partial charge is 0.297 e. The Morgan fingerprint density at radius 2 is 2.04 bits per heavy atom. The van der Waals surface area contributed by atoms with Gasteiger partial charge < -0.3 is 9.64 Å². The lowest BCUT2D eigenvalue weighted by atomic mass is 10.1. The van der Waals surface area contributed by atoms with Crippen LogP contribution in [-0.2, 0) is 11.3 Å². The van der Waals surface area contributed by atoms with Crippen molar-refractivity contribution in [2.24, 2.45) is 5.10 Å². The van der Waals surface area contributed by atoms with Gasteiger partial charge in [0, 0.05) is 16.5 Å². The van der Waals surface area contributed by atoms with Crippen LogP contribution in [0.3, 0.4) is 0 Å². The monoisotopic (exact) mass is 416 g/mol. The van der Waals surface area contributed by atoms with Gasteiger partial charge >= 0.3 is 0 Å². The van der Waals surface area contributed by atoms with Crippen molar-refractivity contribution in [2.45, 2.75) is 13.0 Å². The third-order valence-corrected chi connectivity index (χ3v) is 4.88. The minimum absolute atomic E-state index is 0.0439. The minimum atomic E-state index is 0.0439. The number of carbonyl (C=O) groups excluding carboxylic acids is 1. The van der Waals surface area contributed by atoms with Gasteiger partial charge in [-0.1, -0.05) is 46.3 Å². The lowest BCUT2D eigenvalue weighted by Crippen LogP contribution is -3.08. The molecule has 26 heavy (non-hydrogen) atoms. The Bertz CT molecular complexity index is 808. The molecule has 1 amide bonds. The summed E-state index contributed by atoms with van der Waals surface area (Å²) in [7, 11) is 3.67. The number of amides is 1. The summed E-state index contributed by atoms with van der Waals surface area (Å²) in [6, 6.07) is 16.0. The van der Waals surface area contributed by atoms with Crippen LogP contribution < -0.4 is 9.64 Å². The highest BCUT2D eigenvalue weighted by Crippen LogP contribution is 2.22. The van der Waals surface area contributed by atoms with Gasteiger partial charge in [0.2, 0.25) is 0 Å². The number of carbonyl (C=O) groups is 1. The van der Waals surface area contributed by atoms with Crippen molar-refractivity contribution >= 4 is 27.5 Å². The van der Waals surface area contributed by atoms with E-state index in [4.69, 9.17) is 4.74 Å². The summed E-state index contributed by atoms with van der Waals surface area (Å²) in [6.45, 7) is 1.75. The molecular formula is C20H23BrN3O2+. The highest BCUT2D eigenvalue weighted by Gasteiger charge is 2.24. The molecule has 1 unspecified atom stereocenters. The molecule has 1 aliphatic rings. The van der Waals surface area contributed by atoms with Gasteiger partial charge in [-0.15, -0.1) is 0 Å². The highest BCUT2D eigenvalue weighted by molar-refractivity contribution is 9.10. The number of hydrogen-bond donors (Lipinski definition) is 1. The maximum absolute atomic E-state index is 12.6. The maximum Gasteiger partial charge on any atom is 0.297 e. The number of nitrogens with one attached hydrogen (secondary N) is 1. The number of rotatable bonds is 6. The Kier molecular flexibility index (Phi) is 6.06. The van der Waals surface area contributed by atoms with E-state index in [0.29, 0.717) is 19.6 Å². The van der Waals surface area contributed by atoms with Gasteiger partial charge in [0.15, 0.2) is 6.54 Å². The number of benzene rings is 2. The summed E-state index contributed by atoms with van der Waals surface area (Å²) in [4.78, 5) is 13.7.